The van der Waals surface area contributed by atoms with Gasteiger partial charge in [-0.3, -0.25) is 4.79 Å². The fourth-order valence-corrected chi connectivity index (χ4v) is 4.65. The van der Waals surface area contributed by atoms with Crippen molar-refractivity contribution in [1.29, 1.82) is 0 Å². The highest BCUT2D eigenvalue weighted by Gasteiger charge is 2.21. The Hall–Kier alpha value is -2.41. The van der Waals surface area contributed by atoms with E-state index in [1.807, 2.05) is 13.0 Å². The molecule has 136 valence electrons. The predicted octanol–water partition coefficient (Wildman–Crippen LogP) is 2.82. The quantitative estimate of drug-likeness (QED) is 0.711. The molecule has 0 atom stereocenters. The van der Waals surface area contributed by atoms with Gasteiger partial charge in [-0.2, -0.15) is 5.10 Å². The van der Waals surface area contributed by atoms with Crippen molar-refractivity contribution in [3.8, 4) is 0 Å². The SMILES string of the molecule is CCn1nc(N2CCN(c3nc4c(C)cc(C)cc4s3)CC2)ccc1=O. The Bertz CT molecular complexity index is 1000. The maximum atomic E-state index is 11.7. The molecule has 7 heteroatoms. The van der Waals surface area contributed by atoms with Crippen LogP contribution < -0.4 is 15.4 Å². The molecule has 0 aliphatic carbocycles. The molecule has 26 heavy (non-hydrogen) atoms. The second-order valence-electron chi connectivity index (χ2n) is 6.74. The molecule has 1 fully saturated rings. The third kappa shape index (κ3) is 3.07. The molecule has 0 radical (unpaired) electrons. The fourth-order valence-electron chi connectivity index (χ4n) is 3.45. The van der Waals surface area contributed by atoms with E-state index >= 15 is 0 Å². The molecule has 1 saturated heterocycles. The minimum absolute atomic E-state index is 0.0463. The van der Waals surface area contributed by atoms with E-state index in [2.05, 4.69) is 40.9 Å². The smallest absolute Gasteiger partial charge is 0.266 e. The van der Waals surface area contributed by atoms with E-state index in [1.54, 1.807) is 17.4 Å². The van der Waals surface area contributed by atoms with E-state index in [1.165, 1.54) is 20.5 Å². The van der Waals surface area contributed by atoms with Gasteiger partial charge in [0.1, 0.15) is 5.82 Å². The van der Waals surface area contributed by atoms with E-state index in [0.717, 1.165) is 42.6 Å². The number of fused-ring (bicyclic) bond motifs is 1. The minimum Gasteiger partial charge on any atom is -0.352 e. The maximum absolute atomic E-state index is 11.7. The molecule has 0 saturated carbocycles. The third-order valence-corrected chi connectivity index (χ3v) is 5.91. The van der Waals surface area contributed by atoms with Crippen molar-refractivity contribution in [2.24, 2.45) is 0 Å². The summed E-state index contributed by atoms with van der Waals surface area (Å²) in [7, 11) is 0. The largest absolute Gasteiger partial charge is 0.352 e. The monoisotopic (exact) mass is 369 g/mol. The average Bonchev–Trinajstić information content (AvgIpc) is 3.07. The van der Waals surface area contributed by atoms with Crippen LogP contribution in [0.15, 0.2) is 29.1 Å². The van der Waals surface area contributed by atoms with Crippen LogP contribution >= 0.6 is 11.3 Å². The number of hydrogen-bond acceptors (Lipinski definition) is 6. The minimum atomic E-state index is -0.0463. The van der Waals surface area contributed by atoms with Crippen molar-refractivity contribution in [3.63, 3.8) is 0 Å². The van der Waals surface area contributed by atoms with Crippen LogP contribution in [0.25, 0.3) is 10.2 Å². The van der Waals surface area contributed by atoms with Crippen molar-refractivity contribution in [3.05, 3.63) is 45.7 Å². The van der Waals surface area contributed by atoms with Gasteiger partial charge in [-0.25, -0.2) is 9.67 Å². The van der Waals surface area contributed by atoms with Crippen molar-refractivity contribution < 1.29 is 0 Å². The molecule has 1 aliphatic rings. The number of piperazine rings is 1. The van der Waals surface area contributed by atoms with Crippen molar-refractivity contribution >= 4 is 32.5 Å². The first kappa shape index (κ1) is 17.0. The first-order valence-electron chi connectivity index (χ1n) is 9.01. The number of anilines is 2. The van der Waals surface area contributed by atoms with Crippen LogP contribution in [0.4, 0.5) is 10.9 Å². The fraction of sp³-hybridized carbons (Fsp3) is 0.421. The molecule has 0 spiro atoms. The van der Waals surface area contributed by atoms with E-state index in [0.29, 0.717) is 6.54 Å². The van der Waals surface area contributed by atoms with Gasteiger partial charge in [0.2, 0.25) is 0 Å². The molecule has 0 amide bonds. The van der Waals surface area contributed by atoms with Crippen LogP contribution in [0.3, 0.4) is 0 Å². The van der Waals surface area contributed by atoms with Crippen molar-refractivity contribution in [1.82, 2.24) is 14.8 Å². The Balaban J connectivity index is 1.52. The van der Waals surface area contributed by atoms with Crippen LogP contribution in [0, 0.1) is 13.8 Å². The summed E-state index contributed by atoms with van der Waals surface area (Å²) in [6.45, 7) is 10.4. The molecule has 1 aliphatic heterocycles. The number of aromatic nitrogens is 3. The first-order valence-corrected chi connectivity index (χ1v) is 9.82. The number of rotatable bonds is 3. The van der Waals surface area contributed by atoms with Crippen LogP contribution in [-0.2, 0) is 6.54 Å². The summed E-state index contributed by atoms with van der Waals surface area (Å²) < 4.78 is 2.78. The zero-order valence-corrected chi connectivity index (χ0v) is 16.2. The lowest BCUT2D eigenvalue weighted by molar-refractivity contribution is 0.588. The Morgan fingerprint density at radius 1 is 1.08 bits per heavy atom. The molecule has 0 N–H and O–H groups in total. The normalized spacial score (nSPS) is 15.0. The van der Waals surface area contributed by atoms with Gasteiger partial charge in [0.15, 0.2) is 5.13 Å². The zero-order chi connectivity index (χ0) is 18.3. The maximum Gasteiger partial charge on any atom is 0.266 e. The Morgan fingerprint density at radius 3 is 2.54 bits per heavy atom. The lowest BCUT2D eigenvalue weighted by Gasteiger charge is -2.35. The number of thiazole rings is 1. The molecular formula is C19H23N5OS. The standard InChI is InChI=1S/C19H23N5OS/c1-4-24-17(25)6-5-16(21-24)22-7-9-23(10-8-22)19-20-18-14(3)11-13(2)12-15(18)26-19/h5-6,11-12H,4,7-10H2,1-3H3. The zero-order valence-electron chi connectivity index (χ0n) is 15.4. The summed E-state index contributed by atoms with van der Waals surface area (Å²) in [4.78, 5) is 21.2. The highest BCUT2D eigenvalue weighted by Crippen LogP contribution is 2.32. The van der Waals surface area contributed by atoms with Gasteiger partial charge in [-0.05, 0) is 44.0 Å². The second-order valence-corrected chi connectivity index (χ2v) is 7.75. The van der Waals surface area contributed by atoms with Crippen molar-refractivity contribution in [2.75, 3.05) is 36.0 Å². The molecule has 1 aromatic carbocycles. The Labute approximate surface area is 156 Å². The number of aryl methyl sites for hydroxylation is 3. The van der Waals surface area contributed by atoms with E-state index < -0.39 is 0 Å². The molecule has 0 bridgehead atoms. The van der Waals surface area contributed by atoms with Gasteiger partial charge in [-0.15, -0.1) is 0 Å². The highest BCUT2D eigenvalue weighted by molar-refractivity contribution is 7.22. The van der Waals surface area contributed by atoms with Crippen LogP contribution in [0.2, 0.25) is 0 Å². The lowest BCUT2D eigenvalue weighted by Crippen LogP contribution is -2.47. The highest BCUT2D eigenvalue weighted by atomic mass is 32.1. The number of nitrogens with zero attached hydrogens (tertiary/aromatic N) is 5. The summed E-state index contributed by atoms with van der Waals surface area (Å²) in [6.07, 6.45) is 0. The van der Waals surface area contributed by atoms with Gasteiger partial charge < -0.3 is 9.80 Å². The summed E-state index contributed by atoms with van der Waals surface area (Å²) in [6, 6.07) is 7.85. The van der Waals surface area contributed by atoms with E-state index in [-0.39, 0.29) is 5.56 Å². The first-order chi connectivity index (χ1) is 12.5. The second kappa shape index (κ2) is 6.72. The van der Waals surface area contributed by atoms with Gasteiger partial charge in [0.05, 0.1) is 10.2 Å². The molecular weight excluding hydrogens is 346 g/mol. The van der Waals surface area contributed by atoms with Gasteiger partial charge in [0, 0.05) is 38.8 Å². The Kier molecular flexibility index (Phi) is 4.40. The molecule has 2 aromatic heterocycles. The molecule has 4 rings (SSSR count). The molecule has 3 heterocycles. The number of benzene rings is 1. The van der Waals surface area contributed by atoms with Gasteiger partial charge in [0.25, 0.3) is 5.56 Å². The van der Waals surface area contributed by atoms with Crippen LogP contribution in [0.1, 0.15) is 18.1 Å². The summed E-state index contributed by atoms with van der Waals surface area (Å²) in [5.74, 6) is 0.877. The van der Waals surface area contributed by atoms with Gasteiger partial charge >= 0.3 is 0 Å². The molecule has 0 unspecified atom stereocenters. The van der Waals surface area contributed by atoms with E-state index in [4.69, 9.17) is 4.98 Å². The molecule has 3 aromatic rings. The Morgan fingerprint density at radius 2 is 1.81 bits per heavy atom. The van der Waals surface area contributed by atoms with Crippen LogP contribution in [-0.4, -0.2) is 40.9 Å². The van der Waals surface area contributed by atoms with E-state index in [9.17, 15) is 4.79 Å². The summed E-state index contributed by atoms with van der Waals surface area (Å²) in [5.41, 5.74) is 3.60. The lowest BCUT2D eigenvalue weighted by atomic mass is 10.1. The van der Waals surface area contributed by atoms with Crippen molar-refractivity contribution in [2.45, 2.75) is 27.3 Å². The summed E-state index contributed by atoms with van der Waals surface area (Å²) >= 11 is 1.77. The van der Waals surface area contributed by atoms with Gasteiger partial charge in [-0.1, -0.05) is 17.4 Å². The third-order valence-electron chi connectivity index (χ3n) is 4.84. The molecule has 6 nitrogen and oxygen atoms in total. The predicted molar refractivity (Wildman–Crippen MR) is 108 cm³/mol. The average molecular weight is 369 g/mol. The number of hydrogen-bond donors (Lipinski definition) is 0. The topological polar surface area (TPSA) is 54.3 Å². The summed E-state index contributed by atoms with van der Waals surface area (Å²) in [5, 5.41) is 5.56. The van der Waals surface area contributed by atoms with Crippen LogP contribution in [0.5, 0.6) is 0 Å².